The number of rotatable bonds is 6. The molecular weight excluding hydrogens is 382 g/mol. The third-order valence-electron chi connectivity index (χ3n) is 4.46. The van der Waals surface area contributed by atoms with Crippen molar-refractivity contribution in [1.82, 2.24) is 24.7 Å². The minimum absolute atomic E-state index is 0.0672. The molecule has 0 saturated heterocycles. The predicted molar refractivity (Wildman–Crippen MR) is 103 cm³/mol. The van der Waals surface area contributed by atoms with E-state index in [0.29, 0.717) is 44.7 Å². The minimum atomic E-state index is -0.473. The molecule has 0 atom stereocenters. The van der Waals surface area contributed by atoms with Crippen molar-refractivity contribution in [3.8, 4) is 0 Å². The molecule has 2 aromatic rings. The van der Waals surface area contributed by atoms with E-state index in [9.17, 15) is 9.59 Å². The molecule has 0 saturated carbocycles. The number of nitrogens with one attached hydrogen (secondary N) is 1. The summed E-state index contributed by atoms with van der Waals surface area (Å²) in [7, 11) is 0. The minimum Gasteiger partial charge on any atom is -0.461 e. The van der Waals surface area contributed by atoms with Gasteiger partial charge >= 0.3 is 5.97 Å². The molecule has 0 fully saturated rings. The van der Waals surface area contributed by atoms with Crippen LogP contribution in [0.15, 0.2) is 5.38 Å². The summed E-state index contributed by atoms with van der Waals surface area (Å²) in [5.41, 5.74) is 2.64. The first-order valence-corrected chi connectivity index (χ1v) is 10.4. The molecule has 3 rings (SSSR count). The second-order valence-electron chi connectivity index (χ2n) is 6.45. The fraction of sp³-hybridized carbons (Fsp3) is 0.611. The zero-order valence-electron chi connectivity index (χ0n) is 16.0. The maximum Gasteiger partial charge on any atom is 0.359 e. The lowest BCUT2D eigenvalue weighted by Crippen LogP contribution is -2.26. The van der Waals surface area contributed by atoms with E-state index >= 15 is 0 Å². The van der Waals surface area contributed by atoms with Gasteiger partial charge in [0.1, 0.15) is 0 Å². The van der Waals surface area contributed by atoms with Gasteiger partial charge < -0.3 is 14.8 Å². The van der Waals surface area contributed by atoms with Crippen molar-refractivity contribution in [3.05, 3.63) is 28.0 Å². The molecule has 1 aliphatic heterocycles. The van der Waals surface area contributed by atoms with Gasteiger partial charge in [-0.3, -0.25) is 9.48 Å². The topological polar surface area (TPSA) is 108 Å². The highest BCUT2D eigenvalue weighted by Gasteiger charge is 2.22. The summed E-state index contributed by atoms with van der Waals surface area (Å²) in [6.07, 6.45) is 3.64. The largest absolute Gasteiger partial charge is 0.461 e. The molecular formula is C18H25N5O4S. The number of nitrogens with zero attached hydrogens (tertiary/aromatic N) is 4. The lowest BCUT2D eigenvalue weighted by molar-refractivity contribution is 0.0487. The molecule has 1 N–H and O–H groups in total. The smallest absolute Gasteiger partial charge is 0.359 e. The van der Waals surface area contributed by atoms with Gasteiger partial charge in [-0.05, 0) is 37.2 Å². The summed E-state index contributed by atoms with van der Waals surface area (Å²) in [6.45, 7) is 4.73. The van der Waals surface area contributed by atoms with Crippen molar-refractivity contribution in [2.45, 2.75) is 45.6 Å². The third kappa shape index (κ3) is 5.14. The van der Waals surface area contributed by atoms with Crippen LogP contribution in [-0.4, -0.2) is 57.6 Å². The number of carbonyl (C=O) groups is 2. The second kappa shape index (κ2) is 10.3. The van der Waals surface area contributed by atoms with Crippen molar-refractivity contribution >= 4 is 23.4 Å². The summed E-state index contributed by atoms with van der Waals surface area (Å²) in [4.78, 5) is 24.5. The van der Waals surface area contributed by atoms with Crippen molar-refractivity contribution in [2.24, 2.45) is 0 Å². The van der Waals surface area contributed by atoms with Gasteiger partial charge in [-0.25, -0.2) is 4.79 Å². The van der Waals surface area contributed by atoms with E-state index in [1.54, 1.807) is 5.38 Å². The Labute approximate surface area is 167 Å². The molecule has 3 heterocycles. The van der Waals surface area contributed by atoms with Crippen LogP contribution in [0, 0.1) is 0 Å². The molecule has 28 heavy (non-hydrogen) atoms. The molecule has 0 radical (unpaired) electrons. The maximum absolute atomic E-state index is 12.7. The van der Waals surface area contributed by atoms with Crippen molar-refractivity contribution < 1.29 is 19.1 Å². The SMILES string of the molecule is CCc1nn(CCCOC(=O)c2csnn2)c2c1C(=O)NCCCOCCC2. The van der Waals surface area contributed by atoms with E-state index < -0.39 is 5.97 Å². The van der Waals surface area contributed by atoms with Gasteiger partial charge in [0.25, 0.3) is 5.91 Å². The van der Waals surface area contributed by atoms with E-state index in [4.69, 9.17) is 9.47 Å². The van der Waals surface area contributed by atoms with Crippen LogP contribution < -0.4 is 5.32 Å². The number of esters is 1. The van der Waals surface area contributed by atoms with Gasteiger partial charge in [0.2, 0.25) is 0 Å². The van der Waals surface area contributed by atoms with Gasteiger partial charge in [-0.2, -0.15) is 5.10 Å². The van der Waals surface area contributed by atoms with Gasteiger partial charge in [0.05, 0.1) is 23.6 Å². The molecule has 2 aromatic heterocycles. The van der Waals surface area contributed by atoms with Crippen molar-refractivity contribution in [3.63, 3.8) is 0 Å². The van der Waals surface area contributed by atoms with Gasteiger partial charge in [-0.1, -0.05) is 11.4 Å². The molecule has 0 bridgehead atoms. The number of aryl methyl sites for hydroxylation is 2. The Morgan fingerprint density at radius 2 is 2.25 bits per heavy atom. The summed E-state index contributed by atoms with van der Waals surface area (Å²) >= 11 is 1.11. The zero-order valence-corrected chi connectivity index (χ0v) is 16.8. The molecule has 0 unspecified atom stereocenters. The number of ether oxygens (including phenoxy) is 2. The number of aromatic nitrogens is 4. The molecule has 9 nitrogen and oxygen atoms in total. The fourth-order valence-corrected chi connectivity index (χ4v) is 3.54. The van der Waals surface area contributed by atoms with E-state index in [0.717, 1.165) is 42.2 Å². The maximum atomic E-state index is 12.7. The van der Waals surface area contributed by atoms with E-state index in [1.165, 1.54) is 0 Å². The summed E-state index contributed by atoms with van der Waals surface area (Å²) < 4.78 is 16.4. The first-order chi connectivity index (χ1) is 13.7. The van der Waals surface area contributed by atoms with Gasteiger partial charge in [0.15, 0.2) is 5.69 Å². The van der Waals surface area contributed by atoms with Crippen LogP contribution in [0.2, 0.25) is 0 Å². The Kier molecular flexibility index (Phi) is 7.49. The molecule has 1 amide bonds. The second-order valence-corrected chi connectivity index (χ2v) is 7.06. The highest BCUT2D eigenvalue weighted by atomic mass is 32.1. The fourth-order valence-electron chi connectivity index (χ4n) is 3.12. The Hall–Kier alpha value is -2.33. The Balaban J connectivity index is 1.66. The lowest BCUT2D eigenvalue weighted by atomic mass is 10.1. The van der Waals surface area contributed by atoms with E-state index in [1.807, 2.05) is 11.6 Å². The van der Waals surface area contributed by atoms with E-state index in [-0.39, 0.29) is 18.2 Å². The quantitative estimate of drug-likeness (QED) is 0.573. The predicted octanol–water partition coefficient (Wildman–Crippen LogP) is 1.63. The highest BCUT2D eigenvalue weighted by molar-refractivity contribution is 7.03. The molecule has 0 aliphatic carbocycles. The highest BCUT2D eigenvalue weighted by Crippen LogP contribution is 2.19. The Morgan fingerprint density at radius 1 is 1.39 bits per heavy atom. The van der Waals surface area contributed by atoms with Crippen LogP contribution in [0.25, 0.3) is 0 Å². The third-order valence-corrected chi connectivity index (χ3v) is 4.97. The molecule has 152 valence electrons. The number of amides is 1. The standard InChI is InChI=1S/C18H25N5O4S/c1-2-13-16-15(6-3-9-26-10-4-7-19-17(16)24)23(21-13)8-5-11-27-18(25)14-12-28-22-20-14/h12H,2-11H2,1H3,(H,19,24). The number of carbonyl (C=O) groups excluding carboxylic acids is 2. The Bertz CT molecular complexity index is 790. The molecule has 0 aromatic carbocycles. The molecule has 0 spiro atoms. The average Bonchev–Trinajstić information content (AvgIpc) is 3.34. The summed E-state index contributed by atoms with van der Waals surface area (Å²) in [5.74, 6) is -0.540. The van der Waals surface area contributed by atoms with Crippen LogP contribution in [0.5, 0.6) is 0 Å². The summed E-state index contributed by atoms with van der Waals surface area (Å²) in [6, 6.07) is 0. The molecule has 10 heteroatoms. The van der Waals surface area contributed by atoms with E-state index in [2.05, 4.69) is 20.0 Å². The van der Waals surface area contributed by atoms with Crippen LogP contribution >= 0.6 is 11.5 Å². The lowest BCUT2D eigenvalue weighted by Gasteiger charge is -2.10. The normalized spacial score (nSPS) is 15.4. The number of fused-ring (bicyclic) bond motifs is 1. The average molecular weight is 407 g/mol. The molecule has 1 aliphatic rings. The van der Waals surface area contributed by atoms with Crippen molar-refractivity contribution in [2.75, 3.05) is 26.4 Å². The first-order valence-electron chi connectivity index (χ1n) is 9.59. The first kappa shape index (κ1) is 20.4. The van der Waals surface area contributed by atoms with Gasteiger partial charge in [0, 0.05) is 38.1 Å². The number of hydrogen-bond donors (Lipinski definition) is 1. The zero-order chi connectivity index (χ0) is 19.8. The summed E-state index contributed by atoms with van der Waals surface area (Å²) in [5, 5.41) is 12.9. The van der Waals surface area contributed by atoms with Crippen LogP contribution in [0.3, 0.4) is 0 Å². The Morgan fingerprint density at radius 3 is 3.04 bits per heavy atom. The van der Waals surface area contributed by atoms with Crippen molar-refractivity contribution in [1.29, 1.82) is 0 Å². The van der Waals surface area contributed by atoms with Gasteiger partial charge in [-0.15, -0.1) is 5.10 Å². The van der Waals surface area contributed by atoms with Crippen LogP contribution in [0.1, 0.15) is 58.4 Å². The van der Waals surface area contributed by atoms with Crippen LogP contribution in [0.4, 0.5) is 0 Å². The van der Waals surface area contributed by atoms with Crippen LogP contribution in [-0.2, 0) is 28.9 Å². The monoisotopic (exact) mass is 407 g/mol. The number of hydrogen-bond acceptors (Lipinski definition) is 8.